The van der Waals surface area contributed by atoms with E-state index in [1.807, 2.05) is 49.4 Å². The van der Waals surface area contributed by atoms with E-state index in [4.69, 9.17) is 4.74 Å². The molecular formula is C25H21N3O3S. The maximum atomic E-state index is 12.5. The van der Waals surface area contributed by atoms with E-state index in [0.29, 0.717) is 27.1 Å². The lowest BCUT2D eigenvalue weighted by atomic mass is 10.1. The summed E-state index contributed by atoms with van der Waals surface area (Å²) >= 11 is 1.29. The molecule has 1 aliphatic heterocycles. The van der Waals surface area contributed by atoms with Crippen molar-refractivity contribution in [1.82, 2.24) is 5.32 Å². The number of anilines is 1. The second-order valence-corrected chi connectivity index (χ2v) is 8.16. The minimum absolute atomic E-state index is 0.200. The zero-order valence-corrected chi connectivity index (χ0v) is 18.4. The molecule has 3 aromatic rings. The third kappa shape index (κ3) is 5.25. The fraction of sp³-hybridized carbons (Fsp3) is 0.0800. The highest BCUT2D eigenvalue weighted by atomic mass is 32.2. The van der Waals surface area contributed by atoms with Gasteiger partial charge in [0.05, 0.1) is 17.7 Å². The third-order valence-corrected chi connectivity index (χ3v) is 5.59. The Morgan fingerprint density at radius 2 is 1.84 bits per heavy atom. The van der Waals surface area contributed by atoms with Crippen LogP contribution in [0.1, 0.15) is 21.5 Å². The van der Waals surface area contributed by atoms with E-state index in [1.54, 1.807) is 43.5 Å². The molecule has 0 aromatic heterocycles. The normalized spacial score (nSPS) is 15.6. The first kappa shape index (κ1) is 21.4. The van der Waals surface area contributed by atoms with Gasteiger partial charge in [0.25, 0.3) is 11.8 Å². The number of carbonyl (C=O) groups is 2. The van der Waals surface area contributed by atoms with Crippen LogP contribution in [0.2, 0.25) is 0 Å². The van der Waals surface area contributed by atoms with Crippen molar-refractivity contribution in [3.8, 4) is 5.75 Å². The lowest BCUT2D eigenvalue weighted by molar-refractivity contribution is -0.115. The monoisotopic (exact) mass is 443 g/mol. The number of ether oxygens (including phenoxy) is 1. The molecule has 1 heterocycles. The predicted octanol–water partition coefficient (Wildman–Crippen LogP) is 5.15. The van der Waals surface area contributed by atoms with E-state index in [0.717, 1.165) is 16.8 Å². The Bertz CT molecular complexity index is 1230. The number of amidine groups is 1. The highest BCUT2D eigenvalue weighted by Crippen LogP contribution is 2.28. The molecule has 0 saturated carbocycles. The molecule has 7 heteroatoms. The summed E-state index contributed by atoms with van der Waals surface area (Å²) in [5, 5.41) is 6.21. The third-order valence-electron chi connectivity index (χ3n) is 4.68. The van der Waals surface area contributed by atoms with Crippen LogP contribution in [0.4, 0.5) is 11.4 Å². The number of aryl methyl sites for hydroxylation is 1. The molecular weight excluding hydrogens is 422 g/mol. The first-order chi connectivity index (χ1) is 15.5. The van der Waals surface area contributed by atoms with Gasteiger partial charge in [0.2, 0.25) is 0 Å². The van der Waals surface area contributed by atoms with Crippen molar-refractivity contribution in [2.24, 2.45) is 4.99 Å². The van der Waals surface area contributed by atoms with Gasteiger partial charge >= 0.3 is 0 Å². The lowest BCUT2D eigenvalue weighted by Crippen LogP contribution is -2.19. The molecule has 160 valence electrons. The fourth-order valence-electron chi connectivity index (χ4n) is 3.10. The number of hydrogen-bond donors (Lipinski definition) is 2. The SMILES string of the molecule is COc1ccc(C(=O)Nc2cccc(/C=C3\SC(=Nc4cccc(C)c4)NC3=O)c2)cc1. The van der Waals surface area contributed by atoms with E-state index >= 15 is 0 Å². The van der Waals surface area contributed by atoms with Crippen LogP contribution in [-0.4, -0.2) is 24.1 Å². The van der Waals surface area contributed by atoms with Gasteiger partial charge in [0, 0.05) is 11.3 Å². The van der Waals surface area contributed by atoms with Crippen molar-refractivity contribution < 1.29 is 14.3 Å². The number of nitrogens with one attached hydrogen (secondary N) is 2. The fourth-order valence-corrected chi connectivity index (χ4v) is 3.94. The lowest BCUT2D eigenvalue weighted by Gasteiger charge is -2.07. The second-order valence-electron chi connectivity index (χ2n) is 7.13. The molecule has 4 rings (SSSR count). The van der Waals surface area contributed by atoms with Gasteiger partial charge in [0.1, 0.15) is 5.75 Å². The number of hydrogen-bond acceptors (Lipinski definition) is 5. The minimum atomic E-state index is -0.224. The van der Waals surface area contributed by atoms with Gasteiger partial charge in [-0.3, -0.25) is 9.59 Å². The van der Waals surface area contributed by atoms with Gasteiger partial charge in [-0.15, -0.1) is 0 Å². The molecule has 1 aliphatic rings. The summed E-state index contributed by atoms with van der Waals surface area (Å²) < 4.78 is 5.12. The molecule has 6 nitrogen and oxygen atoms in total. The van der Waals surface area contributed by atoms with Crippen LogP contribution >= 0.6 is 11.8 Å². The van der Waals surface area contributed by atoms with Gasteiger partial charge in [-0.2, -0.15) is 0 Å². The summed E-state index contributed by atoms with van der Waals surface area (Å²) in [7, 11) is 1.58. The molecule has 0 atom stereocenters. The van der Waals surface area contributed by atoms with Crippen LogP contribution in [0.5, 0.6) is 5.75 Å². The summed E-state index contributed by atoms with van der Waals surface area (Å²) in [6.45, 7) is 2.00. The van der Waals surface area contributed by atoms with Gasteiger partial charge in [-0.25, -0.2) is 4.99 Å². The van der Waals surface area contributed by atoms with Crippen molar-refractivity contribution in [3.63, 3.8) is 0 Å². The van der Waals surface area contributed by atoms with Crippen LogP contribution in [0.15, 0.2) is 82.7 Å². The molecule has 0 radical (unpaired) electrons. The second kappa shape index (κ2) is 9.53. The smallest absolute Gasteiger partial charge is 0.264 e. The number of aliphatic imine (C=N–C) groups is 1. The van der Waals surface area contributed by atoms with Crippen LogP contribution in [0.25, 0.3) is 6.08 Å². The van der Waals surface area contributed by atoms with Crippen molar-refractivity contribution in [3.05, 3.63) is 94.4 Å². The number of carbonyl (C=O) groups excluding carboxylic acids is 2. The zero-order chi connectivity index (χ0) is 22.5. The molecule has 0 unspecified atom stereocenters. The molecule has 1 saturated heterocycles. The topological polar surface area (TPSA) is 79.8 Å². The van der Waals surface area contributed by atoms with E-state index in [1.165, 1.54) is 11.8 Å². The van der Waals surface area contributed by atoms with Gasteiger partial charge in [0.15, 0.2) is 5.17 Å². The number of thioether (sulfide) groups is 1. The largest absolute Gasteiger partial charge is 0.497 e. The summed E-state index contributed by atoms with van der Waals surface area (Å²) in [5.74, 6) is 0.264. The first-order valence-electron chi connectivity index (χ1n) is 9.92. The quantitative estimate of drug-likeness (QED) is 0.535. The molecule has 1 fully saturated rings. The Labute approximate surface area is 190 Å². The molecule has 0 bridgehead atoms. The van der Waals surface area contributed by atoms with E-state index in [2.05, 4.69) is 15.6 Å². The van der Waals surface area contributed by atoms with Crippen LogP contribution in [0.3, 0.4) is 0 Å². The number of rotatable bonds is 5. The van der Waals surface area contributed by atoms with E-state index in [9.17, 15) is 9.59 Å². The predicted molar refractivity (Wildman–Crippen MR) is 129 cm³/mol. The first-order valence-corrected chi connectivity index (χ1v) is 10.7. The average molecular weight is 444 g/mol. The number of methoxy groups -OCH3 is 1. The molecule has 0 aliphatic carbocycles. The number of benzene rings is 3. The van der Waals surface area contributed by atoms with Gasteiger partial charge < -0.3 is 15.4 Å². The Kier molecular flexibility index (Phi) is 6.37. The zero-order valence-electron chi connectivity index (χ0n) is 17.6. The van der Waals surface area contributed by atoms with Crippen LogP contribution in [0, 0.1) is 6.92 Å². The molecule has 32 heavy (non-hydrogen) atoms. The van der Waals surface area contributed by atoms with Crippen molar-refractivity contribution in [1.29, 1.82) is 0 Å². The van der Waals surface area contributed by atoms with E-state index in [-0.39, 0.29) is 11.8 Å². The Morgan fingerprint density at radius 1 is 1.06 bits per heavy atom. The number of amides is 2. The van der Waals surface area contributed by atoms with E-state index < -0.39 is 0 Å². The summed E-state index contributed by atoms with van der Waals surface area (Å²) in [6, 6.07) is 22.0. The van der Waals surface area contributed by atoms with Crippen LogP contribution in [-0.2, 0) is 4.79 Å². The molecule has 0 spiro atoms. The highest BCUT2D eigenvalue weighted by Gasteiger charge is 2.23. The molecule has 3 aromatic carbocycles. The highest BCUT2D eigenvalue weighted by molar-refractivity contribution is 8.18. The van der Waals surface area contributed by atoms with Gasteiger partial charge in [-0.05, 0) is 84.4 Å². The minimum Gasteiger partial charge on any atom is -0.497 e. The standard InChI is InChI=1S/C25H21N3O3S/c1-16-5-3-7-19(13-16)27-25-28-24(30)22(32-25)15-17-6-4-8-20(14-17)26-23(29)18-9-11-21(31-2)12-10-18/h3-15H,1-2H3,(H,26,29)(H,27,28,30)/b22-15-. The molecule has 2 amide bonds. The van der Waals surface area contributed by atoms with Gasteiger partial charge in [-0.1, -0.05) is 24.3 Å². The average Bonchev–Trinajstić information content (AvgIpc) is 3.12. The Morgan fingerprint density at radius 3 is 2.59 bits per heavy atom. The molecule has 2 N–H and O–H groups in total. The summed E-state index contributed by atoms with van der Waals surface area (Å²) in [5.41, 5.74) is 3.85. The summed E-state index contributed by atoms with van der Waals surface area (Å²) in [6.07, 6.45) is 1.78. The Hall–Kier alpha value is -3.84. The van der Waals surface area contributed by atoms with Crippen LogP contribution < -0.4 is 15.4 Å². The number of nitrogens with zero attached hydrogens (tertiary/aromatic N) is 1. The van der Waals surface area contributed by atoms with Crippen molar-refractivity contribution in [2.45, 2.75) is 6.92 Å². The Balaban J connectivity index is 1.48. The maximum Gasteiger partial charge on any atom is 0.264 e. The maximum absolute atomic E-state index is 12.5. The van der Waals surface area contributed by atoms with Crippen molar-refractivity contribution in [2.75, 3.05) is 12.4 Å². The summed E-state index contributed by atoms with van der Waals surface area (Å²) in [4.78, 5) is 29.9. The van der Waals surface area contributed by atoms with Crippen molar-refractivity contribution >= 4 is 46.2 Å².